The van der Waals surface area contributed by atoms with E-state index in [1.165, 1.54) is 0 Å². The molecule has 1 aromatic rings. The minimum atomic E-state index is -3.15. The van der Waals surface area contributed by atoms with E-state index in [1.54, 1.807) is 7.05 Å². The summed E-state index contributed by atoms with van der Waals surface area (Å²) in [6.07, 6.45) is 1.14. The Morgan fingerprint density at radius 2 is 1.90 bits per heavy atom. The van der Waals surface area contributed by atoms with Crippen molar-refractivity contribution in [2.45, 2.75) is 6.54 Å². The van der Waals surface area contributed by atoms with Gasteiger partial charge in [0.2, 0.25) is 10.0 Å². The van der Waals surface area contributed by atoms with Gasteiger partial charge in [-0.05, 0) is 17.7 Å². The van der Waals surface area contributed by atoms with Gasteiger partial charge in [0.1, 0.15) is 0 Å². The van der Waals surface area contributed by atoms with Crippen molar-refractivity contribution in [3.63, 3.8) is 0 Å². The lowest BCUT2D eigenvalue weighted by atomic mass is 10.2. The van der Waals surface area contributed by atoms with E-state index in [0.717, 1.165) is 16.3 Å². The van der Waals surface area contributed by atoms with E-state index in [4.69, 9.17) is 0 Å². The van der Waals surface area contributed by atoms with Gasteiger partial charge in [-0.3, -0.25) is 4.99 Å². The molecule has 0 saturated carbocycles. The summed E-state index contributed by atoms with van der Waals surface area (Å²) in [5.74, 6) is 0.716. The fraction of sp³-hybridized carbons (Fsp3) is 0.462. The van der Waals surface area contributed by atoms with E-state index in [-0.39, 0.29) is 0 Å². The highest BCUT2D eigenvalue weighted by atomic mass is 79.9. The quantitative estimate of drug-likeness (QED) is 0.441. The van der Waals surface area contributed by atoms with E-state index in [9.17, 15) is 8.42 Å². The fourth-order valence-electron chi connectivity index (χ4n) is 1.73. The molecule has 0 unspecified atom stereocenters. The average Bonchev–Trinajstić information content (AvgIpc) is 2.40. The summed E-state index contributed by atoms with van der Waals surface area (Å²) in [7, 11) is 0.481. The van der Waals surface area contributed by atoms with Crippen molar-refractivity contribution in [3.05, 3.63) is 34.3 Å². The molecule has 0 aromatic heterocycles. The maximum absolute atomic E-state index is 11.0. The number of hydrogen-bond donors (Lipinski definition) is 2. The molecule has 0 saturated heterocycles. The van der Waals surface area contributed by atoms with E-state index in [2.05, 4.69) is 31.0 Å². The van der Waals surface area contributed by atoms with Crippen LogP contribution in [0.4, 0.5) is 0 Å². The molecule has 0 fully saturated rings. The van der Waals surface area contributed by atoms with Crippen molar-refractivity contribution in [2.75, 3.05) is 33.4 Å². The van der Waals surface area contributed by atoms with Crippen LogP contribution in [0.2, 0.25) is 0 Å². The predicted molar refractivity (Wildman–Crippen MR) is 89.8 cm³/mol. The van der Waals surface area contributed by atoms with E-state index < -0.39 is 10.0 Å². The molecule has 0 aliphatic rings. The Morgan fingerprint density at radius 3 is 2.43 bits per heavy atom. The van der Waals surface area contributed by atoms with Crippen molar-refractivity contribution in [3.8, 4) is 0 Å². The molecule has 0 amide bonds. The van der Waals surface area contributed by atoms with Crippen LogP contribution >= 0.6 is 15.9 Å². The largest absolute Gasteiger partial charge is 0.355 e. The van der Waals surface area contributed by atoms with Crippen molar-refractivity contribution >= 4 is 31.9 Å². The maximum atomic E-state index is 11.0. The third-order valence-electron chi connectivity index (χ3n) is 2.68. The van der Waals surface area contributed by atoms with Crippen LogP contribution in [-0.2, 0) is 16.6 Å². The van der Waals surface area contributed by atoms with Crippen LogP contribution in [0.15, 0.2) is 33.7 Å². The van der Waals surface area contributed by atoms with Gasteiger partial charge in [-0.15, -0.1) is 0 Å². The molecule has 0 heterocycles. The van der Waals surface area contributed by atoms with Crippen LogP contribution in [0.25, 0.3) is 0 Å². The number of sulfonamides is 1. The summed E-state index contributed by atoms with van der Waals surface area (Å²) in [6, 6.07) is 8.07. The molecule has 0 bridgehead atoms. The Balaban J connectivity index is 2.46. The highest BCUT2D eigenvalue weighted by Crippen LogP contribution is 2.11. The first-order valence-corrected chi connectivity index (χ1v) is 9.11. The van der Waals surface area contributed by atoms with Gasteiger partial charge in [0.05, 0.1) is 6.26 Å². The zero-order valence-electron chi connectivity index (χ0n) is 12.4. The lowest BCUT2D eigenvalue weighted by Gasteiger charge is -2.22. The Kier molecular flexibility index (Phi) is 7.13. The van der Waals surface area contributed by atoms with Gasteiger partial charge >= 0.3 is 0 Å². The summed E-state index contributed by atoms with van der Waals surface area (Å²) < 4.78 is 25.4. The van der Waals surface area contributed by atoms with Gasteiger partial charge in [0, 0.05) is 38.2 Å². The lowest BCUT2D eigenvalue weighted by molar-refractivity contribution is 0.477. The molecule has 0 radical (unpaired) electrons. The van der Waals surface area contributed by atoms with Gasteiger partial charge in [0.15, 0.2) is 5.96 Å². The molecule has 2 N–H and O–H groups in total. The number of benzene rings is 1. The Labute approximate surface area is 134 Å². The Bertz CT molecular complexity index is 572. The lowest BCUT2D eigenvalue weighted by Crippen LogP contribution is -2.42. The molecule has 1 rings (SSSR count). The van der Waals surface area contributed by atoms with Crippen LogP contribution in [0.1, 0.15) is 5.56 Å². The topological polar surface area (TPSA) is 73.8 Å². The average molecular weight is 377 g/mol. The van der Waals surface area contributed by atoms with Crippen LogP contribution in [0.3, 0.4) is 0 Å². The minimum absolute atomic E-state index is 0.323. The van der Waals surface area contributed by atoms with Gasteiger partial charge in [-0.2, -0.15) is 0 Å². The number of guanidine groups is 1. The van der Waals surface area contributed by atoms with E-state index in [1.807, 2.05) is 36.2 Å². The maximum Gasteiger partial charge on any atom is 0.208 e. The van der Waals surface area contributed by atoms with Crippen LogP contribution in [0, 0.1) is 0 Å². The molecule has 8 heteroatoms. The third kappa shape index (κ3) is 7.45. The fourth-order valence-corrected chi connectivity index (χ4v) is 2.47. The van der Waals surface area contributed by atoms with E-state index >= 15 is 0 Å². The van der Waals surface area contributed by atoms with Crippen molar-refractivity contribution in [1.82, 2.24) is 14.9 Å². The number of halogens is 1. The van der Waals surface area contributed by atoms with Gasteiger partial charge in [0.25, 0.3) is 0 Å². The molecular formula is C13H21BrN4O2S. The first-order chi connectivity index (χ1) is 9.81. The summed E-state index contributed by atoms with van der Waals surface area (Å²) in [6.45, 7) is 1.51. The smallest absolute Gasteiger partial charge is 0.208 e. The van der Waals surface area contributed by atoms with Gasteiger partial charge < -0.3 is 10.2 Å². The van der Waals surface area contributed by atoms with Crippen molar-refractivity contribution in [2.24, 2.45) is 4.99 Å². The first-order valence-electron chi connectivity index (χ1n) is 6.42. The highest BCUT2D eigenvalue weighted by molar-refractivity contribution is 9.10. The normalized spacial score (nSPS) is 12.3. The Morgan fingerprint density at radius 1 is 1.29 bits per heavy atom. The standard InChI is InChI=1S/C13H21BrN4O2S/c1-15-13(16-8-9-17-21(3,19)20)18(2)10-11-4-6-12(14)7-5-11/h4-7,17H,8-10H2,1-3H3,(H,15,16). The first kappa shape index (κ1) is 17.9. The van der Waals surface area contributed by atoms with E-state index in [0.29, 0.717) is 25.6 Å². The number of aliphatic imine (C=N–C) groups is 1. The molecule has 0 aliphatic heterocycles. The highest BCUT2D eigenvalue weighted by Gasteiger charge is 2.06. The summed E-state index contributed by atoms with van der Waals surface area (Å²) in [5.41, 5.74) is 1.16. The Hall–Kier alpha value is -1.12. The number of rotatable bonds is 6. The number of nitrogens with zero attached hydrogens (tertiary/aromatic N) is 2. The second-order valence-corrected chi connectivity index (χ2v) is 7.37. The van der Waals surface area contributed by atoms with Crippen LogP contribution in [0.5, 0.6) is 0 Å². The molecule has 21 heavy (non-hydrogen) atoms. The second kappa shape index (κ2) is 8.35. The second-order valence-electron chi connectivity index (χ2n) is 4.62. The molecule has 0 atom stereocenters. The minimum Gasteiger partial charge on any atom is -0.355 e. The third-order valence-corrected chi connectivity index (χ3v) is 3.94. The van der Waals surface area contributed by atoms with Gasteiger partial charge in [-0.1, -0.05) is 28.1 Å². The molecule has 118 valence electrons. The molecule has 6 nitrogen and oxygen atoms in total. The monoisotopic (exact) mass is 376 g/mol. The number of nitrogens with one attached hydrogen (secondary N) is 2. The summed E-state index contributed by atoms with van der Waals surface area (Å²) >= 11 is 3.41. The molecular weight excluding hydrogens is 356 g/mol. The van der Waals surface area contributed by atoms with Crippen LogP contribution in [-0.4, -0.2) is 52.7 Å². The van der Waals surface area contributed by atoms with Crippen molar-refractivity contribution in [1.29, 1.82) is 0 Å². The molecule has 1 aromatic carbocycles. The summed E-state index contributed by atoms with van der Waals surface area (Å²) in [5, 5.41) is 3.11. The zero-order valence-corrected chi connectivity index (χ0v) is 14.8. The SMILES string of the molecule is CN=C(NCCNS(C)(=O)=O)N(C)Cc1ccc(Br)cc1. The van der Waals surface area contributed by atoms with Gasteiger partial charge in [-0.25, -0.2) is 13.1 Å². The number of hydrogen-bond acceptors (Lipinski definition) is 3. The summed E-state index contributed by atoms with van der Waals surface area (Å²) in [4.78, 5) is 6.16. The molecule has 0 aliphatic carbocycles. The van der Waals surface area contributed by atoms with Crippen molar-refractivity contribution < 1.29 is 8.42 Å². The van der Waals surface area contributed by atoms with Crippen LogP contribution < -0.4 is 10.0 Å². The predicted octanol–water partition coefficient (Wildman–Crippen LogP) is 1.01. The zero-order chi connectivity index (χ0) is 15.9. The molecule has 0 spiro atoms.